The van der Waals surface area contributed by atoms with Crippen LogP contribution in [0.15, 0.2) is 73.6 Å². The summed E-state index contributed by atoms with van der Waals surface area (Å²) in [5.41, 5.74) is 0.700. The van der Waals surface area contributed by atoms with Crippen LogP contribution in [-0.4, -0.2) is 75.5 Å². The molecule has 0 saturated carbocycles. The number of nitrogens with one attached hydrogen (secondary N) is 2. The van der Waals surface area contributed by atoms with Crippen molar-refractivity contribution in [2.75, 3.05) is 0 Å². The summed E-state index contributed by atoms with van der Waals surface area (Å²) in [6.45, 7) is 0. The molecule has 0 radical (unpaired) electrons. The molecular formula is C34H18N6O8. The smallest absolute Gasteiger partial charge is 0.333 e. The maximum Gasteiger partial charge on any atom is 0.333 e. The van der Waals surface area contributed by atoms with Crippen LogP contribution in [-0.2, 0) is 9.59 Å². The molecule has 5 aromatic carbocycles. The molecule has 2 aliphatic heterocycles. The number of imidazole rings is 2. The molecule has 0 bridgehead atoms. The van der Waals surface area contributed by atoms with Gasteiger partial charge < -0.3 is 20.2 Å². The van der Waals surface area contributed by atoms with Crippen LogP contribution in [0.5, 0.6) is 0 Å². The number of amides is 4. The first-order valence-electron chi connectivity index (χ1n) is 14.6. The highest BCUT2D eigenvalue weighted by molar-refractivity contribution is 6.41. The number of imide groups is 2. The van der Waals surface area contributed by atoms with Crippen molar-refractivity contribution in [3.63, 3.8) is 0 Å². The fourth-order valence-corrected chi connectivity index (χ4v) is 7.37. The third-order valence-corrected chi connectivity index (χ3v) is 9.31. The molecule has 4 amide bonds. The maximum absolute atomic E-state index is 13.9. The van der Waals surface area contributed by atoms with Crippen molar-refractivity contribution in [3.05, 3.63) is 107 Å². The van der Waals surface area contributed by atoms with Crippen LogP contribution in [0.4, 0.5) is 0 Å². The second kappa shape index (κ2) is 9.29. The number of aromatic nitrogens is 4. The fourth-order valence-electron chi connectivity index (χ4n) is 7.37. The summed E-state index contributed by atoms with van der Waals surface area (Å²) in [7, 11) is 0. The molecule has 0 saturated heterocycles. The summed E-state index contributed by atoms with van der Waals surface area (Å²) >= 11 is 0. The van der Waals surface area contributed by atoms with Crippen LogP contribution in [0.3, 0.4) is 0 Å². The molecule has 232 valence electrons. The number of H-pyrrole nitrogens is 2. The van der Waals surface area contributed by atoms with E-state index in [0.29, 0.717) is 52.9 Å². The number of carboxylic acid groups (broad SMARTS) is 2. The van der Waals surface area contributed by atoms with E-state index in [1.54, 1.807) is 48.5 Å². The van der Waals surface area contributed by atoms with Crippen molar-refractivity contribution in [3.8, 4) is 0 Å². The number of benzene rings is 5. The highest BCUT2D eigenvalue weighted by Gasteiger charge is 2.44. The van der Waals surface area contributed by atoms with Gasteiger partial charge in [-0.2, -0.15) is 0 Å². The molecule has 9 rings (SSSR count). The minimum absolute atomic E-state index is 0.0637. The maximum atomic E-state index is 13.9. The van der Waals surface area contributed by atoms with Crippen molar-refractivity contribution >= 4 is 78.7 Å². The van der Waals surface area contributed by atoms with Crippen molar-refractivity contribution in [2.45, 2.75) is 12.1 Å². The Balaban J connectivity index is 1.28. The average Bonchev–Trinajstić information content (AvgIpc) is 3.80. The lowest BCUT2D eigenvalue weighted by Crippen LogP contribution is -2.46. The number of carboxylic acids is 2. The Morgan fingerprint density at radius 3 is 1.08 bits per heavy atom. The van der Waals surface area contributed by atoms with E-state index in [9.17, 15) is 39.0 Å². The van der Waals surface area contributed by atoms with Gasteiger partial charge in [0.15, 0.2) is 12.1 Å². The fraction of sp³-hybridized carbons (Fsp3) is 0.0588. The summed E-state index contributed by atoms with van der Waals surface area (Å²) in [4.78, 5) is 94.9. The number of aliphatic carboxylic acids is 2. The first kappa shape index (κ1) is 27.4. The number of carbonyl (C=O) groups excluding carboxylic acids is 4. The van der Waals surface area contributed by atoms with Gasteiger partial charge in [-0.25, -0.2) is 19.6 Å². The quantitative estimate of drug-likeness (QED) is 0.117. The lowest BCUT2D eigenvalue weighted by Gasteiger charge is -2.33. The second-order valence-corrected chi connectivity index (χ2v) is 11.6. The van der Waals surface area contributed by atoms with Crippen molar-refractivity contribution < 1.29 is 39.0 Å². The molecule has 2 aliphatic rings. The Morgan fingerprint density at radius 2 is 0.833 bits per heavy atom. The van der Waals surface area contributed by atoms with Gasteiger partial charge in [0.1, 0.15) is 0 Å². The zero-order valence-corrected chi connectivity index (χ0v) is 24.2. The van der Waals surface area contributed by atoms with Gasteiger partial charge in [0.25, 0.3) is 23.6 Å². The van der Waals surface area contributed by atoms with Crippen LogP contribution >= 0.6 is 0 Å². The van der Waals surface area contributed by atoms with Gasteiger partial charge in [-0.1, -0.05) is 24.3 Å². The Hall–Kier alpha value is -6.96. The van der Waals surface area contributed by atoms with E-state index in [1.165, 1.54) is 25.0 Å². The van der Waals surface area contributed by atoms with Crippen molar-refractivity contribution in [1.29, 1.82) is 0 Å². The molecule has 48 heavy (non-hydrogen) atoms. The number of hydrogen-bond donors (Lipinski definition) is 4. The second-order valence-electron chi connectivity index (χ2n) is 11.6. The Bertz CT molecular complexity index is 2330. The Kier molecular flexibility index (Phi) is 5.30. The summed E-state index contributed by atoms with van der Waals surface area (Å²) in [6, 6.07) is 9.70. The van der Waals surface area contributed by atoms with Gasteiger partial charge in [0.2, 0.25) is 0 Å². The van der Waals surface area contributed by atoms with Crippen molar-refractivity contribution in [2.24, 2.45) is 0 Å². The van der Waals surface area contributed by atoms with E-state index in [0.717, 1.165) is 0 Å². The molecule has 4 N–H and O–H groups in total. The highest BCUT2D eigenvalue weighted by atomic mass is 16.4. The molecule has 0 aliphatic carbocycles. The molecule has 2 atom stereocenters. The average molecular weight is 639 g/mol. The van der Waals surface area contributed by atoms with E-state index < -0.39 is 47.7 Å². The molecule has 2 unspecified atom stereocenters. The molecule has 0 fully saturated rings. The molecule has 4 heterocycles. The summed E-state index contributed by atoms with van der Waals surface area (Å²) < 4.78 is 0. The largest absolute Gasteiger partial charge is 0.479 e. The molecule has 7 aromatic rings. The van der Waals surface area contributed by atoms with Crippen LogP contribution in [0.1, 0.15) is 64.9 Å². The van der Waals surface area contributed by atoms with Gasteiger partial charge in [-0.3, -0.25) is 29.0 Å². The predicted molar refractivity (Wildman–Crippen MR) is 167 cm³/mol. The summed E-state index contributed by atoms with van der Waals surface area (Å²) in [6.07, 6.45) is 5.02. The van der Waals surface area contributed by atoms with E-state index >= 15 is 0 Å². The van der Waals surface area contributed by atoms with Crippen LogP contribution in [0, 0.1) is 0 Å². The van der Waals surface area contributed by atoms with E-state index in [-0.39, 0.29) is 33.6 Å². The normalized spacial score (nSPS) is 15.8. The van der Waals surface area contributed by atoms with Gasteiger partial charge >= 0.3 is 11.9 Å². The third kappa shape index (κ3) is 3.29. The van der Waals surface area contributed by atoms with Gasteiger partial charge in [-0.05, 0) is 56.6 Å². The first-order valence-corrected chi connectivity index (χ1v) is 14.6. The minimum Gasteiger partial charge on any atom is -0.479 e. The predicted octanol–water partition coefficient (Wildman–Crippen LogP) is 4.03. The zero-order valence-electron chi connectivity index (χ0n) is 24.2. The summed E-state index contributed by atoms with van der Waals surface area (Å²) in [5, 5.41) is 24.6. The van der Waals surface area contributed by atoms with Gasteiger partial charge in [-0.15, -0.1) is 0 Å². The number of aromatic amines is 2. The lowest BCUT2D eigenvalue weighted by molar-refractivity contribution is -0.142. The van der Waals surface area contributed by atoms with Gasteiger partial charge in [0, 0.05) is 33.0 Å². The Labute approximate surface area is 266 Å². The topological polar surface area (TPSA) is 207 Å². The molecule has 14 nitrogen and oxygen atoms in total. The highest BCUT2D eigenvalue weighted by Crippen LogP contribution is 2.47. The Morgan fingerprint density at radius 1 is 0.521 bits per heavy atom. The van der Waals surface area contributed by atoms with E-state index in [4.69, 9.17) is 0 Å². The molecule has 0 spiro atoms. The molecule has 14 heteroatoms. The van der Waals surface area contributed by atoms with Crippen LogP contribution in [0.2, 0.25) is 0 Å². The number of carbonyl (C=O) groups is 6. The SMILES string of the molecule is O=C(O)C(c1cnc[nH]1)N1C(=O)c2ccc3c4ccc5c6c(ccc(c7ccc(c2c37)C1=O)c64)C(=O)N(C(C(=O)O)c1cnc[nH]1)C5=O. The first-order chi connectivity index (χ1) is 23.2. The molecular weight excluding hydrogens is 620 g/mol. The summed E-state index contributed by atoms with van der Waals surface area (Å²) in [5.74, 6) is -5.95. The zero-order chi connectivity index (χ0) is 33.2. The number of hydrogen-bond acceptors (Lipinski definition) is 8. The minimum atomic E-state index is -1.64. The van der Waals surface area contributed by atoms with E-state index in [1.807, 2.05) is 0 Å². The van der Waals surface area contributed by atoms with E-state index in [2.05, 4.69) is 19.9 Å². The van der Waals surface area contributed by atoms with Crippen LogP contribution in [0.25, 0.3) is 43.1 Å². The number of nitrogens with zero attached hydrogens (tertiary/aromatic N) is 4. The third-order valence-electron chi connectivity index (χ3n) is 9.31. The van der Waals surface area contributed by atoms with Gasteiger partial charge in [0.05, 0.1) is 36.4 Å². The molecule has 2 aromatic heterocycles. The number of rotatable bonds is 6. The standard InChI is InChI=1S/C34H18N6O8/c41-29-17-5-1-13-14-2-6-19-26-20(32(44)40(31(19)43)28(34(47)48)22-10-36-12-38-22)8-4-16(24(14)26)15-3-7-18(25(17)23(13)15)30(42)39(29)27(33(45)46)21-9-35-11-37-21/h1-12,27-28H,(H,35,37)(H,36,38)(H,45,46)(H,47,48). The monoisotopic (exact) mass is 638 g/mol. The van der Waals surface area contributed by atoms with Crippen molar-refractivity contribution in [1.82, 2.24) is 29.7 Å². The lowest BCUT2D eigenvalue weighted by atomic mass is 9.82. The number of fused-ring (bicyclic) bond motifs is 2. The van der Waals surface area contributed by atoms with Crippen LogP contribution < -0.4 is 0 Å².